The molecule has 0 bridgehead atoms. The zero-order valence-electron chi connectivity index (χ0n) is 15.5. The van der Waals surface area contributed by atoms with Crippen LogP contribution in [0.1, 0.15) is 44.6 Å². The number of hydrogen-bond acceptors (Lipinski definition) is 5. The molecule has 138 valence electrons. The first-order valence-corrected chi connectivity index (χ1v) is 9.76. The van der Waals surface area contributed by atoms with Crippen molar-refractivity contribution < 1.29 is 4.74 Å². The van der Waals surface area contributed by atoms with Crippen LogP contribution in [0.25, 0.3) is 0 Å². The van der Waals surface area contributed by atoms with E-state index in [4.69, 9.17) is 4.74 Å². The Balaban J connectivity index is 1.46. The predicted octanol–water partition coefficient (Wildman–Crippen LogP) is 3.77. The maximum atomic E-state index is 5.79. The molecule has 5 heteroatoms. The number of fused-ring (bicyclic) bond motifs is 1. The van der Waals surface area contributed by atoms with Gasteiger partial charge in [-0.15, -0.1) is 0 Å². The largest absolute Gasteiger partial charge is 0.424 e. The summed E-state index contributed by atoms with van der Waals surface area (Å²) in [5, 5.41) is 3.84. The SMILES string of the molecule is C[C@]12CCN(Cc3cccc(Oc4ncccn4)c3)[C@H]1CCCCCN2. The molecule has 0 amide bonds. The quantitative estimate of drug-likeness (QED) is 0.908. The van der Waals surface area contributed by atoms with Crippen LogP contribution in [0.4, 0.5) is 0 Å². The molecular formula is C21H28N4O. The number of aromatic nitrogens is 2. The third-order valence-corrected chi connectivity index (χ3v) is 5.81. The molecule has 1 N–H and O–H groups in total. The molecule has 0 unspecified atom stereocenters. The second-order valence-corrected chi connectivity index (χ2v) is 7.71. The van der Waals surface area contributed by atoms with Crippen molar-refractivity contribution in [2.24, 2.45) is 0 Å². The van der Waals surface area contributed by atoms with Crippen molar-refractivity contribution in [1.82, 2.24) is 20.2 Å². The molecule has 0 saturated carbocycles. The molecular weight excluding hydrogens is 324 g/mol. The molecule has 2 atom stereocenters. The Morgan fingerprint density at radius 2 is 2.08 bits per heavy atom. The van der Waals surface area contributed by atoms with E-state index in [1.165, 1.54) is 37.7 Å². The van der Waals surface area contributed by atoms with Crippen molar-refractivity contribution in [3.05, 3.63) is 48.3 Å². The molecule has 2 aliphatic heterocycles. The normalized spacial score (nSPS) is 26.7. The number of benzene rings is 1. The Bertz CT molecular complexity index is 723. The highest BCUT2D eigenvalue weighted by molar-refractivity contribution is 5.30. The third-order valence-electron chi connectivity index (χ3n) is 5.81. The molecule has 5 nitrogen and oxygen atoms in total. The van der Waals surface area contributed by atoms with Crippen molar-refractivity contribution in [3.63, 3.8) is 0 Å². The summed E-state index contributed by atoms with van der Waals surface area (Å²) in [4.78, 5) is 10.9. The van der Waals surface area contributed by atoms with Gasteiger partial charge in [0.15, 0.2) is 0 Å². The highest BCUT2D eigenvalue weighted by Gasteiger charge is 2.43. The minimum Gasteiger partial charge on any atom is -0.424 e. The van der Waals surface area contributed by atoms with Crippen LogP contribution < -0.4 is 10.1 Å². The zero-order valence-corrected chi connectivity index (χ0v) is 15.5. The van der Waals surface area contributed by atoms with E-state index in [2.05, 4.69) is 45.3 Å². The number of hydrogen-bond donors (Lipinski definition) is 1. The van der Waals surface area contributed by atoms with E-state index in [-0.39, 0.29) is 5.54 Å². The van der Waals surface area contributed by atoms with E-state index < -0.39 is 0 Å². The lowest BCUT2D eigenvalue weighted by atomic mass is 9.87. The van der Waals surface area contributed by atoms with Crippen LogP contribution in [0.2, 0.25) is 0 Å². The first-order valence-electron chi connectivity index (χ1n) is 9.76. The number of likely N-dealkylation sites (tertiary alicyclic amines) is 1. The van der Waals surface area contributed by atoms with Gasteiger partial charge in [-0.05, 0) is 56.5 Å². The Hall–Kier alpha value is -1.98. The average molecular weight is 352 g/mol. The maximum Gasteiger partial charge on any atom is 0.321 e. The lowest BCUT2D eigenvalue weighted by Crippen LogP contribution is -2.53. The fourth-order valence-corrected chi connectivity index (χ4v) is 4.40. The summed E-state index contributed by atoms with van der Waals surface area (Å²) in [7, 11) is 0. The van der Waals surface area contributed by atoms with E-state index in [0.29, 0.717) is 12.1 Å². The smallest absolute Gasteiger partial charge is 0.321 e. The standard InChI is InChI=1S/C21H28N4O/c1-21-10-14-25(19(21)9-3-2-4-13-24-21)16-17-7-5-8-18(15-17)26-20-22-11-6-12-23-20/h5-8,11-12,15,19,24H,2-4,9-10,13-14,16H2,1H3/t19-,21-/m0/s1. The highest BCUT2D eigenvalue weighted by Crippen LogP contribution is 2.34. The summed E-state index contributed by atoms with van der Waals surface area (Å²) in [5.74, 6) is 0.798. The molecule has 2 fully saturated rings. The van der Waals surface area contributed by atoms with Gasteiger partial charge in [-0.1, -0.05) is 25.0 Å². The minimum atomic E-state index is 0.256. The van der Waals surface area contributed by atoms with E-state index in [0.717, 1.165) is 25.4 Å². The van der Waals surface area contributed by atoms with Crippen molar-refractivity contribution in [2.75, 3.05) is 13.1 Å². The van der Waals surface area contributed by atoms with Gasteiger partial charge in [-0.3, -0.25) is 4.90 Å². The first-order chi connectivity index (χ1) is 12.7. The summed E-state index contributed by atoms with van der Waals surface area (Å²) in [5.41, 5.74) is 1.54. The fourth-order valence-electron chi connectivity index (χ4n) is 4.40. The van der Waals surface area contributed by atoms with Gasteiger partial charge < -0.3 is 10.1 Å². The van der Waals surface area contributed by atoms with Crippen molar-refractivity contribution in [2.45, 2.75) is 57.2 Å². The molecule has 3 heterocycles. The fraction of sp³-hybridized carbons (Fsp3) is 0.524. The average Bonchev–Trinajstić information content (AvgIpc) is 2.92. The predicted molar refractivity (Wildman–Crippen MR) is 102 cm³/mol. The molecule has 2 aliphatic rings. The zero-order chi connectivity index (χ0) is 17.8. The molecule has 26 heavy (non-hydrogen) atoms. The molecule has 0 spiro atoms. The Labute approximate surface area is 155 Å². The van der Waals surface area contributed by atoms with Crippen molar-refractivity contribution >= 4 is 0 Å². The van der Waals surface area contributed by atoms with Crippen LogP contribution in [0.15, 0.2) is 42.7 Å². The number of ether oxygens (including phenoxy) is 1. The van der Waals surface area contributed by atoms with Crippen LogP contribution >= 0.6 is 0 Å². The second kappa shape index (κ2) is 7.72. The summed E-state index contributed by atoms with van der Waals surface area (Å²) < 4.78 is 5.79. The summed E-state index contributed by atoms with van der Waals surface area (Å²) in [6.07, 6.45) is 9.89. The van der Waals surface area contributed by atoms with E-state index in [9.17, 15) is 0 Å². The Kier molecular flexibility index (Phi) is 5.18. The molecule has 1 aromatic heterocycles. The first kappa shape index (κ1) is 17.4. The van der Waals surface area contributed by atoms with E-state index in [1.54, 1.807) is 18.5 Å². The van der Waals surface area contributed by atoms with Crippen LogP contribution in [-0.4, -0.2) is 39.5 Å². The van der Waals surface area contributed by atoms with Crippen molar-refractivity contribution in [1.29, 1.82) is 0 Å². The van der Waals surface area contributed by atoms with E-state index in [1.807, 2.05) is 6.07 Å². The van der Waals surface area contributed by atoms with Gasteiger partial charge >= 0.3 is 6.01 Å². The molecule has 4 rings (SSSR count). The Morgan fingerprint density at radius 1 is 1.19 bits per heavy atom. The molecule has 1 aromatic carbocycles. The van der Waals surface area contributed by atoms with Crippen LogP contribution in [-0.2, 0) is 6.54 Å². The molecule has 0 aliphatic carbocycles. The van der Waals surface area contributed by atoms with Gasteiger partial charge in [0.05, 0.1) is 0 Å². The summed E-state index contributed by atoms with van der Waals surface area (Å²) in [6.45, 7) is 5.69. The topological polar surface area (TPSA) is 50.3 Å². The second-order valence-electron chi connectivity index (χ2n) is 7.71. The molecule has 0 radical (unpaired) electrons. The lowest BCUT2D eigenvalue weighted by Gasteiger charge is -2.38. The Morgan fingerprint density at radius 3 is 2.96 bits per heavy atom. The maximum absolute atomic E-state index is 5.79. The van der Waals surface area contributed by atoms with E-state index >= 15 is 0 Å². The summed E-state index contributed by atoms with van der Waals surface area (Å²) in [6, 6.07) is 11.1. The van der Waals surface area contributed by atoms with Gasteiger partial charge in [0, 0.05) is 37.1 Å². The molecule has 2 saturated heterocycles. The van der Waals surface area contributed by atoms with Gasteiger partial charge in [-0.2, -0.15) is 0 Å². The lowest BCUT2D eigenvalue weighted by molar-refractivity contribution is 0.162. The van der Waals surface area contributed by atoms with Crippen molar-refractivity contribution in [3.8, 4) is 11.8 Å². The number of nitrogens with one attached hydrogen (secondary N) is 1. The van der Waals surface area contributed by atoms with Gasteiger partial charge in [0.1, 0.15) is 5.75 Å². The van der Waals surface area contributed by atoms with Crippen LogP contribution in [0.3, 0.4) is 0 Å². The van der Waals surface area contributed by atoms with Gasteiger partial charge in [0.2, 0.25) is 0 Å². The minimum absolute atomic E-state index is 0.256. The highest BCUT2D eigenvalue weighted by atomic mass is 16.5. The van der Waals surface area contributed by atoms with Crippen LogP contribution in [0, 0.1) is 0 Å². The van der Waals surface area contributed by atoms with Gasteiger partial charge in [-0.25, -0.2) is 9.97 Å². The number of rotatable bonds is 4. The summed E-state index contributed by atoms with van der Waals surface area (Å²) >= 11 is 0. The van der Waals surface area contributed by atoms with Gasteiger partial charge in [0.25, 0.3) is 0 Å². The monoisotopic (exact) mass is 352 g/mol. The van der Waals surface area contributed by atoms with Crippen LogP contribution in [0.5, 0.6) is 11.8 Å². The third kappa shape index (κ3) is 3.89. The number of nitrogens with zero attached hydrogens (tertiary/aromatic N) is 3. The molecule has 2 aromatic rings.